The van der Waals surface area contributed by atoms with Gasteiger partial charge in [-0.05, 0) is 86.0 Å². The molecule has 44 heavy (non-hydrogen) atoms. The number of para-hydroxylation sites is 1. The molecule has 5 aromatic rings. The minimum absolute atomic E-state index is 0.114. The van der Waals surface area contributed by atoms with Crippen molar-refractivity contribution < 1.29 is 14.2 Å². The zero-order valence-corrected chi connectivity index (χ0v) is 24.5. The largest absolute Gasteiger partial charge is 0.633 e. The van der Waals surface area contributed by atoms with Crippen molar-refractivity contribution in [1.29, 1.82) is 0 Å². The van der Waals surface area contributed by atoms with Crippen molar-refractivity contribution >= 4 is 28.6 Å². The van der Waals surface area contributed by atoms with Gasteiger partial charge in [-0.25, -0.2) is 19.3 Å². The van der Waals surface area contributed by atoms with E-state index < -0.39 is 0 Å². The SMILES string of the molecule is CN(C(=O)/C=C/C[N+](C)([O-])C1CCC1)c1ccc(-n2c(=O)n(-c3ccc(Oc4ccccc4)cc3)c3c(N)ncnc32)cc1. The third kappa shape index (κ3) is 5.58. The summed E-state index contributed by atoms with van der Waals surface area (Å²) < 4.78 is 8.47. The summed E-state index contributed by atoms with van der Waals surface area (Å²) in [4.78, 5) is 36.7. The number of anilines is 2. The van der Waals surface area contributed by atoms with Gasteiger partial charge in [-0.1, -0.05) is 18.2 Å². The summed E-state index contributed by atoms with van der Waals surface area (Å²) >= 11 is 0. The Morgan fingerprint density at radius 3 is 2.30 bits per heavy atom. The minimum Gasteiger partial charge on any atom is -0.633 e. The molecular formula is C33H33N7O4. The highest BCUT2D eigenvalue weighted by Crippen LogP contribution is 2.29. The molecule has 11 heteroatoms. The van der Waals surface area contributed by atoms with Gasteiger partial charge < -0.3 is 25.2 Å². The van der Waals surface area contributed by atoms with E-state index in [9.17, 15) is 14.8 Å². The second kappa shape index (κ2) is 11.8. The van der Waals surface area contributed by atoms with Gasteiger partial charge in [-0.15, -0.1) is 0 Å². The van der Waals surface area contributed by atoms with E-state index in [4.69, 9.17) is 10.5 Å². The topological polar surface area (TPSA) is 131 Å². The molecule has 1 amide bonds. The van der Waals surface area contributed by atoms with Gasteiger partial charge in [-0.2, -0.15) is 0 Å². The van der Waals surface area contributed by atoms with Crippen LogP contribution < -0.4 is 21.1 Å². The lowest BCUT2D eigenvalue weighted by Gasteiger charge is -2.48. The average Bonchev–Trinajstić information content (AvgIpc) is 3.29. The van der Waals surface area contributed by atoms with E-state index in [2.05, 4.69) is 9.97 Å². The number of benzene rings is 3. The number of ether oxygens (including phenoxy) is 1. The minimum atomic E-state index is -0.380. The van der Waals surface area contributed by atoms with Crippen LogP contribution in [0, 0.1) is 5.21 Å². The van der Waals surface area contributed by atoms with Crippen molar-refractivity contribution in [2.45, 2.75) is 25.3 Å². The molecule has 0 aliphatic heterocycles. The summed E-state index contributed by atoms with van der Waals surface area (Å²) in [6, 6.07) is 23.6. The van der Waals surface area contributed by atoms with Crippen LogP contribution in [0.1, 0.15) is 19.3 Å². The van der Waals surface area contributed by atoms with Crippen LogP contribution in [0.5, 0.6) is 11.5 Å². The average molecular weight is 592 g/mol. The van der Waals surface area contributed by atoms with E-state index in [0.29, 0.717) is 39.7 Å². The Morgan fingerprint density at radius 2 is 1.64 bits per heavy atom. The first kappa shape index (κ1) is 28.8. The summed E-state index contributed by atoms with van der Waals surface area (Å²) in [5, 5.41) is 12.7. The van der Waals surface area contributed by atoms with Crippen LogP contribution >= 0.6 is 0 Å². The van der Waals surface area contributed by atoms with Gasteiger partial charge in [0.2, 0.25) is 0 Å². The molecule has 1 aliphatic rings. The van der Waals surface area contributed by atoms with E-state index >= 15 is 0 Å². The number of hydrogen-bond acceptors (Lipinski definition) is 7. The molecular weight excluding hydrogens is 558 g/mol. The van der Waals surface area contributed by atoms with E-state index in [-0.39, 0.29) is 34.6 Å². The summed E-state index contributed by atoms with van der Waals surface area (Å²) in [7, 11) is 3.32. The third-order valence-electron chi connectivity index (χ3n) is 8.12. The first-order valence-electron chi connectivity index (χ1n) is 14.4. The quantitative estimate of drug-likeness (QED) is 0.146. The number of aromatic nitrogens is 4. The highest BCUT2D eigenvalue weighted by Gasteiger charge is 2.29. The lowest BCUT2D eigenvalue weighted by molar-refractivity contribution is -0.886. The predicted octanol–water partition coefficient (Wildman–Crippen LogP) is 4.96. The fourth-order valence-electron chi connectivity index (χ4n) is 5.32. The van der Waals surface area contributed by atoms with Crippen molar-refractivity contribution in [2.75, 3.05) is 31.3 Å². The van der Waals surface area contributed by atoms with Gasteiger partial charge >= 0.3 is 5.69 Å². The molecule has 0 bridgehead atoms. The van der Waals surface area contributed by atoms with Crippen LogP contribution in [0.25, 0.3) is 22.5 Å². The van der Waals surface area contributed by atoms with Crippen molar-refractivity contribution in [1.82, 2.24) is 19.1 Å². The molecule has 1 saturated carbocycles. The number of imidazole rings is 1. The number of nitrogens with two attached hydrogens (primary N) is 1. The van der Waals surface area contributed by atoms with Crippen LogP contribution in [-0.4, -0.2) is 56.3 Å². The van der Waals surface area contributed by atoms with Crippen molar-refractivity contribution in [3.63, 3.8) is 0 Å². The maximum absolute atomic E-state index is 13.9. The fraction of sp³-hybridized carbons (Fsp3) is 0.212. The number of hydroxylamine groups is 3. The molecule has 2 aromatic heterocycles. The van der Waals surface area contributed by atoms with Gasteiger partial charge in [0.1, 0.15) is 23.3 Å². The Balaban J connectivity index is 1.26. The number of quaternary nitrogens is 1. The Morgan fingerprint density at radius 1 is 1.00 bits per heavy atom. The molecule has 1 aliphatic carbocycles. The maximum Gasteiger partial charge on any atom is 0.339 e. The van der Waals surface area contributed by atoms with Crippen LogP contribution in [0.3, 0.4) is 0 Å². The van der Waals surface area contributed by atoms with Gasteiger partial charge in [0.15, 0.2) is 11.5 Å². The predicted molar refractivity (Wildman–Crippen MR) is 170 cm³/mol. The van der Waals surface area contributed by atoms with Gasteiger partial charge in [0.25, 0.3) is 5.91 Å². The first-order chi connectivity index (χ1) is 21.2. The molecule has 3 aromatic carbocycles. The second-order valence-corrected chi connectivity index (χ2v) is 11.1. The Labute approximate surface area is 254 Å². The molecule has 1 atom stereocenters. The van der Waals surface area contributed by atoms with E-state index in [1.54, 1.807) is 68.7 Å². The third-order valence-corrected chi connectivity index (χ3v) is 8.12. The van der Waals surface area contributed by atoms with Crippen LogP contribution in [0.4, 0.5) is 11.5 Å². The summed E-state index contributed by atoms with van der Waals surface area (Å²) in [5.74, 6) is 1.23. The standard InChI is InChI=1S/C33H33N7O4/c1-37(29(41)12-7-21-40(2,43)26-8-6-9-26)23-13-15-25(16-14-23)39-32-30(31(34)35-22-36-32)38(33(39)42)24-17-19-28(20-18-24)44-27-10-4-3-5-11-27/h3-5,7,10-20,22,26H,6,8-9,21H2,1-2H3,(H2,34,35,36)/b12-7+. The normalized spacial score (nSPS) is 14.8. The van der Waals surface area contributed by atoms with Crippen molar-refractivity contribution in [2.24, 2.45) is 0 Å². The highest BCUT2D eigenvalue weighted by molar-refractivity contribution is 6.01. The van der Waals surface area contributed by atoms with E-state index in [0.717, 1.165) is 19.3 Å². The molecule has 11 nitrogen and oxygen atoms in total. The van der Waals surface area contributed by atoms with Gasteiger partial charge in [0.05, 0.1) is 31.0 Å². The number of carbonyl (C=O) groups excluding carboxylic acids is 1. The van der Waals surface area contributed by atoms with Crippen LogP contribution in [0.15, 0.2) is 102 Å². The van der Waals surface area contributed by atoms with Crippen LogP contribution in [0.2, 0.25) is 0 Å². The smallest absolute Gasteiger partial charge is 0.339 e. The summed E-state index contributed by atoms with van der Waals surface area (Å²) in [6.45, 7) is 0.254. The number of hydrogen-bond donors (Lipinski definition) is 1. The number of likely N-dealkylation sites (N-methyl/N-ethyl adjacent to an activating group) is 2. The van der Waals surface area contributed by atoms with Crippen LogP contribution in [-0.2, 0) is 4.79 Å². The fourth-order valence-corrected chi connectivity index (χ4v) is 5.32. The number of nitrogen functional groups attached to an aromatic ring is 1. The highest BCUT2D eigenvalue weighted by atomic mass is 16.5. The van der Waals surface area contributed by atoms with Crippen molar-refractivity contribution in [3.05, 3.63) is 113 Å². The number of rotatable bonds is 9. The molecule has 0 radical (unpaired) electrons. The molecule has 2 heterocycles. The Bertz CT molecular complexity index is 1870. The number of amides is 1. The summed E-state index contributed by atoms with van der Waals surface area (Å²) in [6.07, 6.45) is 7.37. The summed E-state index contributed by atoms with van der Waals surface area (Å²) in [5.41, 5.74) is 8.34. The van der Waals surface area contributed by atoms with E-state index in [1.807, 2.05) is 30.3 Å². The second-order valence-electron chi connectivity index (χ2n) is 11.1. The molecule has 2 N–H and O–H groups in total. The number of fused-ring (bicyclic) bond motifs is 1. The van der Waals surface area contributed by atoms with Crippen molar-refractivity contribution in [3.8, 4) is 22.9 Å². The molecule has 1 unspecified atom stereocenters. The molecule has 6 rings (SSSR count). The lowest BCUT2D eigenvalue weighted by Crippen LogP contribution is -2.50. The Kier molecular flexibility index (Phi) is 7.73. The Hall–Kier alpha value is -5.26. The van der Waals surface area contributed by atoms with Gasteiger partial charge in [-0.3, -0.25) is 9.36 Å². The van der Waals surface area contributed by atoms with E-state index in [1.165, 1.54) is 26.4 Å². The molecule has 0 saturated heterocycles. The lowest BCUT2D eigenvalue weighted by atomic mass is 9.91. The zero-order chi connectivity index (χ0) is 30.8. The first-order valence-corrected chi connectivity index (χ1v) is 14.4. The molecule has 0 spiro atoms. The monoisotopic (exact) mass is 591 g/mol. The zero-order valence-electron chi connectivity index (χ0n) is 24.5. The maximum atomic E-state index is 13.9. The number of carbonyl (C=O) groups is 1. The van der Waals surface area contributed by atoms with Gasteiger partial charge in [0, 0.05) is 18.8 Å². The number of nitrogens with zero attached hydrogens (tertiary/aromatic N) is 6. The molecule has 224 valence electrons. The molecule has 1 fully saturated rings.